The molecule has 0 aliphatic rings. The predicted octanol–water partition coefficient (Wildman–Crippen LogP) is 2.19. The Morgan fingerprint density at radius 1 is 1.42 bits per heavy atom. The minimum absolute atomic E-state index is 0.0569. The molecular weight excluding hydrogens is 261 g/mol. The summed E-state index contributed by atoms with van der Waals surface area (Å²) in [4.78, 5) is 11.1. The molecule has 0 radical (unpaired) electrons. The monoisotopic (exact) mass is 276 g/mol. The molecule has 0 saturated heterocycles. The first-order chi connectivity index (χ1) is 8.84. The molecule has 0 fully saturated rings. The molecule has 1 rings (SSSR count). The second-order valence-corrected chi connectivity index (χ2v) is 3.80. The van der Waals surface area contributed by atoms with Crippen molar-refractivity contribution in [3.05, 3.63) is 23.8 Å². The molecule has 1 aromatic rings. The Bertz CT molecular complexity index is 447. The summed E-state index contributed by atoms with van der Waals surface area (Å²) < 4.78 is 42.3. The molecule has 0 heterocycles. The highest BCUT2D eigenvalue weighted by atomic mass is 19.4. The molecule has 0 aliphatic carbocycles. The van der Waals surface area contributed by atoms with E-state index >= 15 is 0 Å². The number of anilines is 1. The maximum Gasteiger partial charge on any atom is 0.416 e. The molecule has 4 nitrogen and oxygen atoms in total. The lowest BCUT2D eigenvalue weighted by Gasteiger charge is -2.12. The lowest BCUT2D eigenvalue weighted by Crippen LogP contribution is -2.24. The van der Waals surface area contributed by atoms with Crippen LogP contribution in [0.1, 0.15) is 18.9 Å². The van der Waals surface area contributed by atoms with Gasteiger partial charge in [0.2, 0.25) is 5.91 Å². The highest BCUT2D eigenvalue weighted by Crippen LogP contribution is 2.33. The van der Waals surface area contributed by atoms with Gasteiger partial charge in [0, 0.05) is 6.54 Å². The molecule has 0 unspecified atom stereocenters. The van der Waals surface area contributed by atoms with Gasteiger partial charge in [-0.3, -0.25) is 4.79 Å². The minimum atomic E-state index is -4.44. The van der Waals surface area contributed by atoms with Gasteiger partial charge in [-0.1, -0.05) is 0 Å². The normalized spacial score (nSPS) is 11.2. The van der Waals surface area contributed by atoms with Gasteiger partial charge in [-0.2, -0.15) is 13.2 Å². The number of nitrogens with two attached hydrogens (primary N) is 1. The molecule has 106 valence electrons. The van der Waals surface area contributed by atoms with Crippen LogP contribution >= 0.6 is 0 Å². The number of carbonyl (C=O) groups is 1. The van der Waals surface area contributed by atoms with Crippen molar-refractivity contribution >= 4 is 11.6 Å². The first-order valence-electron chi connectivity index (χ1n) is 5.70. The first-order valence-corrected chi connectivity index (χ1v) is 5.70. The zero-order valence-electron chi connectivity index (χ0n) is 10.4. The zero-order valence-corrected chi connectivity index (χ0v) is 10.4. The standard InChI is InChI=1S/C12H15F3N2O2/c1-2-17-11(18)5-6-19-10-4-3-8(7-9(10)16)12(13,14)15/h3-4,7H,2,5-6,16H2,1H3,(H,17,18). The smallest absolute Gasteiger partial charge is 0.416 e. The van der Waals surface area contributed by atoms with Gasteiger partial charge in [-0.05, 0) is 25.1 Å². The molecule has 0 aliphatic heterocycles. The van der Waals surface area contributed by atoms with E-state index in [1.54, 1.807) is 6.92 Å². The summed E-state index contributed by atoms with van der Waals surface area (Å²) in [6.07, 6.45) is -4.32. The fourth-order valence-electron chi connectivity index (χ4n) is 1.40. The van der Waals surface area contributed by atoms with Crippen molar-refractivity contribution in [1.82, 2.24) is 5.32 Å². The van der Waals surface area contributed by atoms with Crippen molar-refractivity contribution in [2.75, 3.05) is 18.9 Å². The Morgan fingerprint density at radius 2 is 2.11 bits per heavy atom. The molecule has 7 heteroatoms. The number of nitrogen functional groups attached to an aromatic ring is 1. The molecule has 3 N–H and O–H groups in total. The van der Waals surface area contributed by atoms with Gasteiger partial charge < -0.3 is 15.8 Å². The number of nitrogens with one attached hydrogen (secondary N) is 1. The summed E-state index contributed by atoms with van der Waals surface area (Å²) >= 11 is 0. The van der Waals surface area contributed by atoms with Crippen LogP contribution in [0, 0.1) is 0 Å². The number of benzene rings is 1. The van der Waals surface area contributed by atoms with Crippen LogP contribution in [0.2, 0.25) is 0 Å². The second kappa shape index (κ2) is 6.31. The summed E-state index contributed by atoms with van der Waals surface area (Å²) in [5, 5.41) is 2.58. The largest absolute Gasteiger partial charge is 0.491 e. The number of carbonyl (C=O) groups excluding carboxylic acids is 1. The lowest BCUT2D eigenvalue weighted by atomic mass is 10.2. The third kappa shape index (κ3) is 4.69. The van der Waals surface area contributed by atoms with Crippen LogP contribution in [0.5, 0.6) is 5.75 Å². The number of halogens is 3. The van der Waals surface area contributed by atoms with E-state index in [1.165, 1.54) is 0 Å². The summed E-state index contributed by atoms with van der Waals surface area (Å²) in [6, 6.07) is 2.84. The molecule has 0 saturated carbocycles. The van der Waals surface area contributed by atoms with Gasteiger partial charge in [-0.25, -0.2) is 0 Å². The first kappa shape index (κ1) is 15.1. The van der Waals surface area contributed by atoms with Crippen LogP contribution in [0.4, 0.5) is 18.9 Å². The number of rotatable bonds is 5. The number of hydrogen-bond donors (Lipinski definition) is 2. The Kier molecular flexibility index (Phi) is 5.02. The fourth-order valence-corrected chi connectivity index (χ4v) is 1.40. The van der Waals surface area contributed by atoms with E-state index < -0.39 is 11.7 Å². The lowest BCUT2D eigenvalue weighted by molar-refractivity contribution is -0.137. The molecule has 0 aromatic heterocycles. The number of hydrogen-bond acceptors (Lipinski definition) is 3. The maximum absolute atomic E-state index is 12.4. The summed E-state index contributed by atoms with van der Waals surface area (Å²) in [7, 11) is 0. The Balaban J connectivity index is 2.58. The van der Waals surface area contributed by atoms with Gasteiger partial charge in [0.05, 0.1) is 24.3 Å². The second-order valence-electron chi connectivity index (χ2n) is 3.80. The third-order valence-electron chi connectivity index (χ3n) is 2.30. The van der Waals surface area contributed by atoms with Crippen LogP contribution in [0.15, 0.2) is 18.2 Å². The van der Waals surface area contributed by atoms with Gasteiger partial charge in [-0.15, -0.1) is 0 Å². The highest BCUT2D eigenvalue weighted by Gasteiger charge is 2.30. The Hall–Kier alpha value is -1.92. The van der Waals surface area contributed by atoms with Crippen LogP contribution in [-0.4, -0.2) is 19.1 Å². The van der Waals surface area contributed by atoms with Crippen molar-refractivity contribution in [2.24, 2.45) is 0 Å². The predicted molar refractivity (Wildman–Crippen MR) is 64.7 cm³/mol. The minimum Gasteiger partial charge on any atom is -0.491 e. The van der Waals surface area contributed by atoms with E-state index in [9.17, 15) is 18.0 Å². The molecule has 1 aromatic carbocycles. The van der Waals surface area contributed by atoms with Gasteiger partial charge in [0.15, 0.2) is 0 Å². The van der Waals surface area contributed by atoms with Crippen molar-refractivity contribution in [3.8, 4) is 5.75 Å². The molecule has 19 heavy (non-hydrogen) atoms. The number of ether oxygens (including phenoxy) is 1. The van der Waals surface area contributed by atoms with E-state index in [0.29, 0.717) is 6.54 Å². The van der Waals surface area contributed by atoms with Gasteiger partial charge >= 0.3 is 6.18 Å². The molecule has 1 amide bonds. The fraction of sp³-hybridized carbons (Fsp3) is 0.417. The Labute approximate surface area is 108 Å². The van der Waals surface area contributed by atoms with E-state index in [0.717, 1.165) is 18.2 Å². The van der Waals surface area contributed by atoms with Crippen molar-refractivity contribution in [2.45, 2.75) is 19.5 Å². The molecule has 0 bridgehead atoms. The van der Waals surface area contributed by atoms with E-state index in [1.807, 2.05) is 0 Å². The average molecular weight is 276 g/mol. The number of amides is 1. The average Bonchev–Trinajstić information content (AvgIpc) is 2.30. The van der Waals surface area contributed by atoms with Crippen molar-refractivity contribution < 1.29 is 22.7 Å². The van der Waals surface area contributed by atoms with Crippen LogP contribution in [0.3, 0.4) is 0 Å². The van der Waals surface area contributed by atoms with Crippen molar-refractivity contribution in [3.63, 3.8) is 0 Å². The van der Waals surface area contributed by atoms with Gasteiger partial charge in [0.25, 0.3) is 0 Å². The molecule has 0 spiro atoms. The highest BCUT2D eigenvalue weighted by molar-refractivity contribution is 5.75. The topological polar surface area (TPSA) is 64.3 Å². The zero-order chi connectivity index (χ0) is 14.5. The van der Waals surface area contributed by atoms with Gasteiger partial charge in [0.1, 0.15) is 5.75 Å². The van der Waals surface area contributed by atoms with E-state index in [-0.39, 0.29) is 30.4 Å². The third-order valence-corrected chi connectivity index (χ3v) is 2.30. The molecular formula is C12H15F3N2O2. The summed E-state index contributed by atoms with van der Waals surface area (Å²) in [5.41, 5.74) is 4.53. The number of alkyl halides is 3. The van der Waals surface area contributed by atoms with E-state index in [4.69, 9.17) is 10.5 Å². The van der Waals surface area contributed by atoms with Crippen molar-refractivity contribution in [1.29, 1.82) is 0 Å². The summed E-state index contributed by atoms with van der Waals surface area (Å²) in [5.74, 6) is -0.0507. The van der Waals surface area contributed by atoms with Crippen LogP contribution in [0.25, 0.3) is 0 Å². The quantitative estimate of drug-likeness (QED) is 0.810. The van der Waals surface area contributed by atoms with Crippen LogP contribution < -0.4 is 15.8 Å². The van der Waals surface area contributed by atoms with Crippen LogP contribution in [-0.2, 0) is 11.0 Å². The van der Waals surface area contributed by atoms with E-state index in [2.05, 4.69) is 5.32 Å². The molecule has 0 atom stereocenters. The summed E-state index contributed by atoms with van der Waals surface area (Å²) in [6.45, 7) is 2.36. The Morgan fingerprint density at radius 3 is 2.63 bits per heavy atom. The maximum atomic E-state index is 12.4. The SMILES string of the molecule is CCNC(=O)CCOc1ccc(C(F)(F)F)cc1N.